The van der Waals surface area contributed by atoms with E-state index in [1.807, 2.05) is 0 Å². The van der Waals surface area contributed by atoms with E-state index < -0.39 is 24.9 Å². The molecule has 0 rings (SSSR count). The summed E-state index contributed by atoms with van der Waals surface area (Å²) in [6.07, 6.45) is -8.73. The Morgan fingerprint density at radius 3 is 2.00 bits per heavy atom. The van der Waals surface area contributed by atoms with Gasteiger partial charge in [-0.3, -0.25) is 0 Å². The summed E-state index contributed by atoms with van der Waals surface area (Å²) in [5.74, 6) is 0. The van der Waals surface area contributed by atoms with Crippen molar-refractivity contribution in [3.63, 3.8) is 0 Å². The molecule has 1 atom stereocenters. The van der Waals surface area contributed by atoms with Crippen molar-refractivity contribution < 1.29 is 31.1 Å². The largest absolute Gasteiger partial charge is 0.430 e. The van der Waals surface area contributed by atoms with Crippen molar-refractivity contribution in [2.75, 3.05) is 13.2 Å². The first-order valence-electron chi connectivity index (χ1n) is 4.37. The molecular weight excluding hydrogens is 226 g/mol. The van der Waals surface area contributed by atoms with Crippen molar-refractivity contribution in [1.82, 2.24) is 0 Å². The van der Waals surface area contributed by atoms with Crippen LogP contribution in [0.3, 0.4) is 0 Å². The van der Waals surface area contributed by atoms with Crippen molar-refractivity contribution in [2.24, 2.45) is 0 Å². The molecule has 0 saturated heterocycles. The fourth-order valence-corrected chi connectivity index (χ4v) is 0.736. The summed E-state index contributed by atoms with van der Waals surface area (Å²) < 4.78 is 76.7. The van der Waals surface area contributed by atoms with Crippen molar-refractivity contribution >= 4 is 0 Å². The third-order valence-electron chi connectivity index (χ3n) is 1.77. The lowest BCUT2D eigenvalue weighted by Gasteiger charge is -2.26. The minimum atomic E-state index is -5.62. The molecule has 0 N–H and O–H groups in total. The van der Waals surface area contributed by atoms with Gasteiger partial charge in [-0.25, -0.2) is 13.2 Å². The second kappa shape index (κ2) is 5.58. The predicted octanol–water partition coefficient (Wildman–Crippen LogP) is 3.34. The lowest BCUT2D eigenvalue weighted by Crippen LogP contribution is -2.51. The fourth-order valence-electron chi connectivity index (χ4n) is 0.736. The van der Waals surface area contributed by atoms with Gasteiger partial charge in [0, 0.05) is 6.61 Å². The smallest absolute Gasteiger partial charge is 0.378 e. The number of rotatable bonds is 6. The molecule has 0 aliphatic rings. The average Bonchev–Trinajstić information content (AvgIpc) is 2.09. The second-order valence-electron chi connectivity index (χ2n) is 3.07. The molecule has 0 saturated carbocycles. The highest BCUT2D eigenvalue weighted by Gasteiger charge is 2.63. The van der Waals surface area contributed by atoms with E-state index in [4.69, 9.17) is 0 Å². The number of alkyl halides is 6. The molecule has 0 radical (unpaired) electrons. The summed E-state index contributed by atoms with van der Waals surface area (Å²) in [4.78, 5) is 0. The Balaban J connectivity index is 4.28. The Morgan fingerprint density at radius 2 is 1.67 bits per heavy atom. The van der Waals surface area contributed by atoms with Crippen LogP contribution in [0.25, 0.3) is 0 Å². The van der Waals surface area contributed by atoms with Gasteiger partial charge in [0.1, 0.15) is 0 Å². The van der Waals surface area contributed by atoms with Gasteiger partial charge in [0.15, 0.2) is 0 Å². The second-order valence-corrected chi connectivity index (χ2v) is 3.07. The molecule has 1 nitrogen and oxygen atoms in total. The Kier molecular flexibility index (Phi) is 5.41. The Hall–Kier alpha value is -0.460. The van der Waals surface area contributed by atoms with E-state index in [-0.39, 0.29) is 6.61 Å². The maximum atomic E-state index is 12.8. The summed E-state index contributed by atoms with van der Waals surface area (Å²) in [6.45, 7) is -0.0813. The van der Waals surface area contributed by atoms with E-state index >= 15 is 0 Å². The van der Waals surface area contributed by atoms with Gasteiger partial charge in [-0.1, -0.05) is 13.3 Å². The third-order valence-corrected chi connectivity index (χ3v) is 1.77. The molecule has 0 spiro atoms. The Bertz CT molecular complexity index is 180. The van der Waals surface area contributed by atoms with Crippen LogP contribution in [-0.4, -0.2) is 31.5 Å². The molecule has 0 aliphatic heterocycles. The molecular formula is C8H12F6O. The molecule has 15 heavy (non-hydrogen) atoms. The van der Waals surface area contributed by atoms with Crippen LogP contribution < -0.4 is 0 Å². The lowest BCUT2D eigenvalue weighted by molar-refractivity contribution is -0.281. The molecule has 92 valence electrons. The van der Waals surface area contributed by atoms with Crippen molar-refractivity contribution in [3.8, 4) is 0 Å². The number of hydrogen-bond donors (Lipinski definition) is 0. The highest BCUT2D eigenvalue weighted by Crippen LogP contribution is 2.39. The van der Waals surface area contributed by atoms with Gasteiger partial charge in [-0.15, -0.1) is 0 Å². The number of unbranched alkanes of at least 4 members (excludes halogenated alkanes) is 1. The van der Waals surface area contributed by atoms with Crippen molar-refractivity contribution in [1.29, 1.82) is 0 Å². The van der Waals surface area contributed by atoms with Crippen LogP contribution in [0.5, 0.6) is 0 Å². The maximum Gasteiger partial charge on any atom is 0.430 e. The average molecular weight is 238 g/mol. The molecule has 0 amide bonds. The van der Waals surface area contributed by atoms with Crippen LogP contribution in [-0.2, 0) is 4.74 Å². The topological polar surface area (TPSA) is 9.23 Å². The van der Waals surface area contributed by atoms with Crippen LogP contribution in [0.1, 0.15) is 19.8 Å². The molecule has 7 heteroatoms. The van der Waals surface area contributed by atoms with E-state index in [0.29, 0.717) is 12.8 Å². The highest BCUT2D eigenvalue weighted by molar-refractivity contribution is 4.89. The quantitative estimate of drug-likeness (QED) is 0.509. The molecule has 0 aromatic heterocycles. The minimum Gasteiger partial charge on any atom is -0.378 e. The SMILES string of the molecule is CCCCOCC(F)(C(F)F)C(F)(F)F. The van der Waals surface area contributed by atoms with Crippen molar-refractivity contribution in [2.45, 2.75) is 38.0 Å². The zero-order chi connectivity index (χ0) is 12.1. The van der Waals surface area contributed by atoms with E-state index in [0.717, 1.165) is 0 Å². The molecule has 0 bridgehead atoms. The number of halogens is 6. The zero-order valence-electron chi connectivity index (χ0n) is 8.08. The maximum absolute atomic E-state index is 12.8. The summed E-state index contributed by atoms with van der Waals surface area (Å²) in [5, 5.41) is 0. The van der Waals surface area contributed by atoms with Crippen LogP contribution in [0.4, 0.5) is 26.3 Å². The van der Waals surface area contributed by atoms with Gasteiger partial charge in [0.25, 0.3) is 12.1 Å². The van der Waals surface area contributed by atoms with E-state index in [2.05, 4.69) is 4.74 Å². The van der Waals surface area contributed by atoms with Crippen LogP contribution in [0, 0.1) is 0 Å². The van der Waals surface area contributed by atoms with Gasteiger partial charge in [0.2, 0.25) is 0 Å². The van der Waals surface area contributed by atoms with Gasteiger partial charge < -0.3 is 4.74 Å². The molecule has 0 heterocycles. The molecule has 0 aromatic carbocycles. The monoisotopic (exact) mass is 238 g/mol. The summed E-state index contributed by atoms with van der Waals surface area (Å²) in [7, 11) is 0. The van der Waals surface area contributed by atoms with Crippen LogP contribution in [0.15, 0.2) is 0 Å². The van der Waals surface area contributed by atoms with E-state index in [1.165, 1.54) is 0 Å². The Labute approximate surface area is 83.4 Å². The highest BCUT2D eigenvalue weighted by atomic mass is 19.4. The minimum absolute atomic E-state index is 0.162. The summed E-state index contributed by atoms with van der Waals surface area (Å²) in [5.41, 5.74) is -4.57. The fraction of sp³-hybridized carbons (Fsp3) is 1.00. The van der Waals surface area contributed by atoms with Gasteiger partial charge in [-0.2, -0.15) is 13.2 Å². The zero-order valence-corrected chi connectivity index (χ0v) is 8.08. The molecule has 1 unspecified atom stereocenters. The molecule has 0 fully saturated rings. The van der Waals surface area contributed by atoms with Gasteiger partial charge >= 0.3 is 6.18 Å². The number of ether oxygens (including phenoxy) is 1. The van der Waals surface area contributed by atoms with Gasteiger partial charge in [-0.05, 0) is 6.42 Å². The van der Waals surface area contributed by atoms with E-state index in [9.17, 15) is 26.3 Å². The number of hydrogen-bond acceptors (Lipinski definition) is 1. The van der Waals surface area contributed by atoms with Gasteiger partial charge in [0.05, 0.1) is 6.61 Å². The summed E-state index contributed by atoms with van der Waals surface area (Å²) >= 11 is 0. The van der Waals surface area contributed by atoms with Crippen LogP contribution in [0.2, 0.25) is 0 Å². The predicted molar refractivity (Wildman–Crippen MR) is 41.6 cm³/mol. The van der Waals surface area contributed by atoms with Crippen molar-refractivity contribution in [3.05, 3.63) is 0 Å². The molecule has 0 aromatic rings. The van der Waals surface area contributed by atoms with E-state index in [1.54, 1.807) is 6.92 Å². The Morgan fingerprint density at radius 1 is 1.13 bits per heavy atom. The standard InChI is InChI=1S/C8H12F6O/c1-2-3-4-15-5-7(11,6(9)10)8(12,13)14/h6H,2-5H2,1H3. The normalized spacial score (nSPS) is 16.8. The summed E-state index contributed by atoms with van der Waals surface area (Å²) in [6, 6.07) is 0. The van der Waals surface area contributed by atoms with Crippen LogP contribution >= 0.6 is 0 Å². The first-order valence-corrected chi connectivity index (χ1v) is 4.37. The molecule has 0 aliphatic carbocycles. The third kappa shape index (κ3) is 3.89. The first-order chi connectivity index (χ1) is 6.75. The lowest BCUT2D eigenvalue weighted by atomic mass is 10.1. The first kappa shape index (κ1) is 14.5.